The Morgan fingerprint density at radius 3 is 2.56 bits per heavy atom. The van der Waals surface area contributed by atoms with Gasteiger partial charge in [-0.05, 0) is 58.5 Å². The minimum Gasteiger partial charge on any atom is -0.488 e. The molecule has 0 amide bonds. The van der Waals surface area contributed by atoms with Crippen molar-refractivity contribution in [1.82, 2.24) is 0 Å². The summed E-state index contributed by atoms with van der Waals surface area (Å²) in [5.74, 6) is 0.303. The molecule has 0 aliphatic rings. The summed E-state index contributed by atoms with van der Waals surface area (Å²) in [5.41, 5.74) is 2.26. The molecule has 3 aromatic rings. The van der Waals surface area contributed by atoms with Crippen LogP contribution in [-0.4, -0.2) is 0 Å². The highest BCUT2D eigenvalue weighted by molar-refractivity contribution is 14.1. The molecule has 0 aliphatic heterocycles. The summed E-state index contributed by atoms with van der Waals surface area (Å²) < 4.78 is 20.7. The molecule has 3 rings (SSSR count). The molecular formula is C22H14ClFINO. The van der Waals surface area contributed by atoms with Gasteiger partial charge in [-0.25, -0.2) is 4.39 Å². The fourth-order valence-electron chi connectivity index (χ4n) is 2.51. The van der Waals surface area contributed by atoms with Crippen molar-refractivity contribution in [3.05, 3.63) is 97.8 Å². The highest BCUT2D eigenvalue weighted by Gasteiger charge is 2.08. The Kier molecular flexibility index (Phi) is 6.49. The van der Waals surface area contributed by atoms with Crippen molar-refractivity contribution in [1.29, 1.82) is 5.26 Å². The molecule has 134 valence electrons. The first-order chi connectivity index (χ1) is 13.1. The molecule has 0 N–H and O–H groups in total. The van der Waals surface area contributed by atoms with Gasteiger partial charge in [-0.3, -0.25) is 0 Å². The summed E-state index contributed by atoms with van der Waals surface area (Å²) in [7, 11) is 0. The number of ether oxygens (including phenoxy) is 1. The van der Waals surface area contributed by atoms with E-state index in [0.717, 1.165) is 20.4 Å². The van der Waals surface area contributed by atoms with E-state index < -0.39 is 5.82 Å². The molecule has 27 heavy (non-hydrogen) atoms. The highest BCUT2D eigenvalue weighted by Crippen LogP contribution is 2.27. The summed E-state index contributed by atoms with van der Waals surface area (Å²) in [4.78, 5) is 0. The van der Waals surface area contributed by atoms with Gasteiger partial charge in [-0.15, -0.1) is 0 Å². The molecule has 0 radical (unpaired) electrons. The predicted octanol–water partition coefficient (Wildman–Crippen LogP) is 6.73. The quantitative estimate of drug-likeness (QED) is 0.226. The molecule has 0 atom stereocenters. The van der Waals surface area contributed by atoms with E-state index in [1.165, 1.54) is 6.07 Å². The molecule has 0 unspecified atom stereocenters. The van der Waals surface area contributed by atoms with Crippen LogP contribution in [0, 0.1) is 20.7 Å². The van der Waals surface area contributed by atoms with Crippen LogP contribution in [0.1, 0.15) is 16.7 Å². The van der Waals surface area contributed by atoms with Gasteiger partial charge in [0.2, 0.25) is 0 Å². The number of hydrogen-bond donors (Lipinski definition) is 0. The van der Waals surface area contributed by atoms with Gasteiger partial charge in [0.25, 0.3) is 0 Å². The molecule has 0 heterocycles. The van der Waals surface area contributed by atoms with Crippen LogP contribution in [0.5, 0.6) is 5.75 Å². The number of nitrogens with zero attached hydrogens (tertiary/aromatic N) is 1. The molecule has 0 fully saturated rings. The van der Waals surface area contributed by atoms with Crippen LogP contribution >= 0.6 is 34.2 Å². The van der Waals surface area contributed by atoms with Gasteiger partial charge in [0.15, 0.2) is 0 Å². The summed E-state index contributed by atoms with van der Waals surface area (Å²) in [6, 6.07) is 21.4. The van der Waals surface area contributed by atoms with E-state index in [2.05, 4.69) is 28.7 Å². The third-order valence-corrected chi connectivity index (χ3v) is 5.10. The standard InChI is InChI=1S/C22H14ClFINO/c23-19-7-3-1-5-16(19)14-27-22-10-9-15(12-21(22)25)11-17(13-26)18-6-2-4-8-20(18)24/h1-12H,14H2. The molecule has 0 saturated heterocycles. The zero-order valence-electron chi connectivity index (χ0n) is 14.1. The van der Waals surface area contributed by atoms with E-state index in [-0.39, 0.29) is 11.1 Å². The smallest absolute Gasteiger partial charge is 0.133 e. The summed E-state index contributed by atoms with van der Waals surface area (Å²) in [6.07, 6.45) is 1.67. The third-order valence-electron chi connectivity index (χ3n) is 3.89. The second-order valence-electron chi connectivity index (χ2n) is 5.72. The van der Waals surface area contributed by atoms with Gasteiger partial charge in [-0.2, -0.15) is 5.26 Å². The lowest BCUT2D eigenvalue weighted by molar-refractivity contribution is 0.304. The van der Waals surface area contributed by atoms with Gasteiger partial charge in [0.1, 0.15) is 18.2 Å². The summed E-state index contributed by atoms with van der Waals surface area (Å²) in [5, 5.41) is 10.1. The van der Waals surface area contributed by atoms with Crippen LogP contribution in [0.3, 0.4) is 0 Å². The lowest BCUT2D eigenvalue weighted by Gasteiger charge is -2.10. The molecule has 3 aromatic carbocycles. The van der Waals surface area contributed by atoms with Gasteiger partial charge < -0.3 is 4.74 Å². The summed E-state index contributed by atoms with van der Waals surface area (Å²) >= 11 is 8.32. The van der Waals surface area contributed by atoms with E-state index in [1.54, 1.807) is 24.3 Å². The second-order valence-corrected chi connectivity index (χ2v) is 7.29. The Bertz CT molecular complexity index is 1040. The normalized spacial score (nSPS) is 11.1. The van der Waals surface area contributed by atoms with Crippen molar-refractivity contribution in [3.8, 4) is 11.8 Å². The van der Waals surface area contributed by atoms with Crippen molar-refractivity contribution < 1.29 is 9.13 Å². The topological polar surface area (TPSA) is 33.0 Å². The number of rotatable bonds is 5. The fraction of sp³-hybridized carbons (Fsp3) is 0.0455. The van der Waals surface area contributed by atoms with Crippen molar-refractivity contribution >= 4 is 45.8 Å². The fourth-order valence-corrected chi connectivity index (χ4v) is 3.40. The van der Waals surface area contributed by atoms with Gasteiger partial charge in [-0.1, -0.05) is 54.1 Å². The Labute approximate surface area is 176 Å². The van der Waals surface area contributed by atoms with Crippen LogP contribution in [0.4, 0.5) is 4.39 Å². The first-order valence-electron chi connectivity index (χ1n) is 8.11. The number of nitriles is 1. The van der Waals surface area contributed by atoms with E-state index in [0.29, 0.717) is 11.6 Å². The van der Waals surface area contributed by atoms with E-state index >= 15 is 0 Å². The zero-order chi connectivity index (χ0) is 19.2. The molecule has 0 aliphatic carbocycles. The minimum atomic E-state index is -0.417. The molecule has 0 aromatic heterocycles. The monoisotopic (exact) mass is 489 g/mol. The number of halogens is 3. The van der Waals surface area contributed by atoms with Crippen LogP contribution < -0.4 is 4.74 Å². The predicted molar refractivity (Wildman–Crippen MR) is 115 cm³/mol. The third kappa shape index (κ3) is 4.88. The summed E-state index contributed by atoms with van der Waals surface area (Å²) in [6.45, 7) is 0.365. The Balaban J connectivity index is 1.81. The molecule has 2 nitrogen and oxygen atoms in total. The van der Waals surface area contributed by atoms with Crippen LogP contribution in [0.2, 0.25) is 5.02 Å². The van der Waals surface area contributed by atoms with E-state index in [1.807, 2.05) is 42.5 Å². The van der Waals surface area contributed by atoms with Crippen LogP contribution in [0.15, 0.2) is 66.7 Å². The van der Waals surface area contributed by atoms with E-state index in [4.69, 9.17) is 16.3 Å². The highest BCUT2D eigenvalue weighted by atomic mass is 127. The maximum atomic E-state index is 13.9. The van der Waals surface area contributed by atoms with E-state index in [9.17, 15) is 9.65 Å². The molecule has 5 heteroatoms. The lowest BCUT2D eigenvalue weighted by Crippen LogP contribution is -1.98. The van der Waals surface area contributed by atoms with Crippen molar-refractivity contribution in [2.45, 2.75) is 6.61 Å². The maximum absolute atomic E-state index is 13.9. The van der Waals surface area contributed by atoms with Gasteiger partial charge in [0, 0.05) is 16.1 Å². The Hall–Kier alpha value is -2.36. The van der Waals surface area contributed by atoms with Crippen molar-refractivity contribution in [2.24, 2.45) is 0 Å². The number of allylic oxidation sites excluding steroid dienone is 1. The first kappa shape index (κ1) is 19.4. The Morgan fingerprint density at radius 1 is 1.11 bits per heavy atom. The SMILES string of the molecule is N#CC(=Cc1ccc(OCc2ccccc2Cl)c(I)c1)c1ccccc1F. The molecule has 0 spiro atoms. The second kappa shape index (κ2) is 9.03. The largest absolute Gasteiger partial charge is 0.488 e. The van der Waals surface area contributed by atoms with Gasteiger partial charge >= 0.3 is 0 Å². The molecular weight excluding hydrogens is 476 g/mol. The number of hydrogen-bond acceptors (Lipinski definition) is 2. The van der Waals surface area contributed by atoms with Crippen LogP contribution in [-0.2, 0) is 6.61 Å². The average Bonchev–Trinajstić information content (AvgIpc) is 2.67. The minimum absolute atomic E-state index is 0.272. The molecule has 0 bridgehead atoms. The molecule has 0 saturated carbocycles. The average molecular weight is 490 g/mol. The van der Waals surface area contributed by atoms with Crippen LogP contribution in [0.25, 0.3) is 11.6 Å². The zero-order valence-corrected chi connectivity index (χ0v) is 17.0. The first-order valence-corrected chi connectivity index (χ1v) is 9.56. The lowest BCUT2D eigenvalue weighted by atomic mass is 10.0. The van der Waals surface area contributed by atoms with Crippen molar-refractivity contribution in [2.75, 3.05) is 0 Å². The van der Waals surface area contributed by atoms with Gasteiger partial charge in [0.05, 0.1) is 15.2 Å². The number of benzene rings is 3. The Morgan fingerprint density at radius 2 is 1.85 bits per heavy atom. The maximum Gasteiger partial charge on any atom is 0.133 e. The van der Waals surface area contributed by atoms with Crippen molar-refractivity contribution in [3.63, 3.8) is 0 Å².